The van der Waals surface area contributed by atoms with Crippen LogP contribution in [-0.4, -0.2) is 34.4 Å². The maximum atomic E-state index is 4.85. The Hall–Kier alpha value is -0.740. The quantitative estimate of drug-likeness (QED) is 0.362. The Morgan fingerprint density at radius 3 is 2.73 bits per heavy atom. The smallest absolute Gasteiger partial charge is 0.194 e. The van der Waals surface area contributed by atoms with Gasteiger partial charge in [0.15, 0.2) is 5.96 Å². The molecule has 0 spiro atoms. The summed E-state index contributed by atoms with van der Waals surface area (Å²) in [4.78, 5) is 17.9. The standard InChI is InChI=1S/C18H27N5S2.HI/c1-4-16-21-13(12-24-16)10-20-18(19-5-2)23(3)11-17-22-14-8-6-7-9-15(14)25-17;/h12H,4-11H2,1-3H3,(H,19,20);1H. The zero-order chi connectivity index (χ0) is 17.6. The van der Waals surface area contributed by atoms with Crippen molar-refractivity contribution < 1.29 is 0 Å². The number of nitrogens with zero attached hydrogens (tertiary/aromatic N) is 4. The molecule has 26 heavy (non-hydrogen) atoms. The molecule has 0 atom stereocenters. The SMILES string of the molecule is CCNC(=NCc1csc(CC)n1)N(C)Cc1nc2c(s1)CCCC2.I. The first-order chi connectivity index (χ1) is 12.2. The van der Waals surface area contributed by atoms with Gasteiger partial charge >= 0.3 is 0 Å². The number of nitrogens with one attached hydrogen (secondary N) is 1. The predicted octanol–water partition coefficient (Wildman–Crippen LogP) is 4.26. The van der Waals surface area contributed by atoms with Crippen molar-refractivity contribution >= 4 is 52.6 Å². The maximum Gasteiger partial charge on any atom is 0.194 e. The van der Waals surface area contributed by atoms with Gasteiger partial charge in [-0.2, -0.15) is 0 Å². The summed E-state index contributed by atoms with van der Waals surface area (Å²) in [6.45, 7) is 6.52. The lowest BCUT2D eigenvalue weighted by Gasteiger charge is -2.20. The number of halogens is 1. The van der Waals surface area contributed by atoms with Crippen LogP contribution >= 0.6 is 46.7 Å². The van der Waals surface area contributed by atoms with Gasteiger partial charge in [-0.05, 0) is 39.0 Å². The Morgan fingerprint density at radius 2 is 2.04 bits per heavy atom. The average molecular weight is 505 g/mol. The van der Waals surface area contributed by atoms with Crippen LogP contribution in [-0.2, 0) is 32.4 Å². The highest BCUT2D eigenvalue weighted by Gasteiger charge is 2.17. The minimum Gasteiger partial charge on any atom is -0.357 e. The molecule has 8 heteroatoms. The molecule has 0 bridgehead atoms. The van der Waals surface area contributed by atoms with Gasteiger partial charge in [-0.3, -0.25) is 0 Å². The molecule has 0 aliphatic heterocycles. The van der Waals surface area contributed by atoms with E-state index in [9.17, 15) is 0 Å². The van der Waals surface area contributed by atoms with Gasteiger partial charge in [0, 0.05) is 23.8 Å². The van der Waals surface area contributed by atoms with E-state index in [1.807, 2.05) is 11.3 Å². The van der Waals surface area contributed by atoms with Gasteiger partial charge in [-0.25, -0.2) is 15.0 Å². The van der Waals surface area contributed by atoms with Crippen molar-refractivity contribution in [3.8, 4) is 0 Å². The van der Waals surface area contributed by atoms with Crippen molar-refractivity contribution in [2.75, 3.05) is 13.6 Å². The first-order valence-corrected chi connectivity index (χ1v) is 10.8. The van der Waals surface area contributed by atoms with Crippen molar-refractivity contribution in [1.82, 2.24) is 20.2 Å². The minimum absolute atomic E-state index is 0. The molecule has 2 aromatic rings. The summed E-state index contributed by atoms with van der Waals surface area (Å²) >= 11 is 3.59. The summed E-state index contributed by atoms with van der Waals surface area (Å²) in [5.74, 6) is 0.918. The molecule has 0 unspecified atom stereocenters. The highest BCUT2D eigenvalue weighted by Crippen LogP contribution is 2.27. The third kappa shape index (κ3) is 5.63. The van der Waals surface area contributed by atoms with E-state index in [0.717, 1.165) is 37.6 Å². The lowest BCUT2D eigenvalue weighted by atomic mass is 10.0. The molecule has 2 heterocycles. The fourth-order valence-electron chi connectivity index (χ4n) is 2.96. The molecule has 0 saturated heterocycles. The van der Waals surface area contributed by atoms with Crippen LogP contribution in [0.4, 0.5) is 0 Å². The Balaban J connectivity index is 0.00000243. The Bertz CT molecular complexity index is 701. The van der Waals surface area contributed by atoms with Crippen LogP contribution in [0.15, 0.2) is 10.4 Å². The number of aliphatic imine (C=N–C) groups is 1. The number of hydrogen-bond acceptors (Lipinski definition) is 5. The summed E-state index contributed by atoms with van der Waals surface area (Å²) in [6, 6.07) is 0. The Morgan fingerprint density at radius 1 is 1.23 bits per heavy atom. The Kier molecular flexibility index (Phi) is 8.75. The van der Waals surface area contributed by atoms with Gasteiger partial charge in [-0.15, -0.1) is 46.7 Å². The van der Waals surface area contributed by atoms with E-state index >= 15 is 0 Å². The molecule has 0 amide bonds. The summed E-state index contributed by atoms with van der Waals surface area (Å²) in [5, 5.41) is 7.87. The number of aryl methyl sites for hydroxylation is 3. The van der Waals surface area contributed by atoms with Gasteiger partial charge in [0.2, 0.25) is 0 Å². The first kappa shape index (κ1) is 21.6. The zero-order valence-electron chi connectivity index (χ0n) is 15.7. The van der Waals surface area contributed by atoms with Crippen molar-refractivity contribution in [3.63, 3.8) is 0 Å². The minimum atomic E-state index is 0. The van der Waals surface area contributed by atoms with E-state index in [0.29, 0.717) is 6.54 Å². The lowest BCUT2D eigenvalue weighted by Crippen LogP contribution is -2.38. The summed E-state index contributed by atoms with van der Waals surface area (Å²) in [5.41, 5.74) is 2.38. The maximum absolute atomic E-state index is 4.85. The molecule has 0 radical (unpaired) electrons. The molecule has 0 saturated carbocycles. The van der Waals surface area contributed by atoms with E-state index in [2.05, 4.69) is 41.5 Å². The molecule has 2 aromatic heterocycles. The van der Waals surface area contributed by atoms with E-state index in [-0.39, 0.29) is 24.0 Å². The van der Waals surface area contributed by atoms with Gasteiger partial charge < -0.3 is 10.2 Å². The van der Waals surface area contributed by atoms with Gasteiger partial charge in [-0.1, -0.05) is 6.92 Å². The lowest BCUT2D eigenvalue weighted by molar-refractivity contribution is 0.474. The van der Waals surface area contributed by atoms with E-state index in [1.165, 1.54) is 39.8 Å². The highest BCUT2D eigenvalue weighted by molar-refractivity contribution is 14.0. The van der Waals surface area contributed by atoms with E-state index in [4.69, 9.17) is 9.98 Å². The number of guanidine groups is 1. The molecule has 0 fully saturated rings. The third-order valence-corrected chi connectivity index (χ3v) is 6.44. The second-order valence-electron chi connectivity index (χ2n) is 6.30. The number of thiazole rings is 2. The Labute approximate surface area is 181 Å². The molecule has 1 N–H and O–H groups in total. The molecule has 144 valence electrons. The molecular weight excluding hydrogens is 477 g/mol. The van der Waals surface area contributed by atoms with Gasteiger partial charge in [0.25, 0.3) is 0 Å². The largest absolute Gasteiger partial charge is 0.357 e. The van der Waals surface area contributed by atoms with Crippen molar-refractivity contribution in [3.05, 3.63) is 31.7 Å². The number of rotatable bonds is 6. The number of hydrogen-bond donors (Lipinski definition) is 1. The monoisotopic (exact) mass is 505 g/mol. The fourth-order valence-corrected chi connectivity index (χ4v) is 4.91. The van der Waals surface area contributed by atoms with Crippen molar-refractivity contribution in [2.45, 2.75) is 59.0 Å². The molecular formula is C18H28IN5S2. The molecule has 3 rings (SSSR count). The molecule has 5 nitrogen and oxygen atoms in total. The predicted molar refractivity (Wildman–Crippen MR) is 122 cm³/mol. The van der Waals surface area contributed by atoms with Crippen LogP contribution in [0.3, 0.4) is 0 Å². The molecule has 1 aliphatic rings. The van der Waals surface area contributed by atoms with Crippen LogP contribution in [0.5, 0.6) is 0 Å². The first-order valence-electron chi connectivity index (χ1n) is 9.09. The van der Waals surface area contributed by atoms with Crippen LogP contribution < -0.4 is 5.32 Å². The molecule has 0 aromatic carbocycles. The van der Waals surface area contributed by atoms with E-state index in [1.54, 1.807) is 11.3 Å². The van der Waals surface area contributed by atoms with Gasteiger partial charge in [0.05, 0.1) is 29.5 Å². The highest BCUT2D eigenvalue weighted by atomic mass is 127. The summed E-state index contributed by atoms with van der Waals surface area (Å²) in [6.07, 6.45) is 5.93. The van der Waals surface area contributed by atoms with E-state index < -0.39 is 0 Å². The van der Waals surface area contributed by atoms with Crippen molar-refractivity contribution in [1.29, 1.82) is 0 Å². The normalized spacial score (nSPS) is 13.9. The van der Waals surface area contributed by atoms with Gasteiger partial charge in [0.1, 0.15) is 5.01 Å². The average Bonchev–Trinajstić information content (AvgIpc) is 3.24. The fraction of sp³-hybridized carbons (Fsp3) is 0.611. The van der Waals surface area contributed by atoms with Crippen molar-refractivity contribution in [2.24, 2.45) is 4.99 Å². The summed E-state index contributed by atoms with van der Waals surface area (Å²) < 4.78 is 0. The number of fused-ring (bicyclic) bond motifs is 1. The summed E-state index contributed by atoms with van der Waals surface area (Å²) in [7, 11) is 2.08. The molecule has 1 aliphatic carbocycles. The zero-order valence-corrected chi connectivity index (χ0v) is 19.7. The van der Waals surface area contributed by atoms with Crippen LogP contribution in [0, 0.1) is 0 Å². The second kappa shape index (κ2) is 10.6. The van der Waals surface area contributed by atoms with Crippen LogP contribution in [0.25, 0.3) is 0 Å². The third-order valence-electron chi connectivity index (χ3n) is 4.25. The van der Waals surface area contributed by atoms with Crippen LogP contribution in [0.2, 0.25) is 0 Å². The topological polar surface area (TPSA) is 53.4 Å². The van der Waals surface area contributed by atoms with Crippen LogP contribution in [0.1, 0.15) is 53.0 Å². The number of aromatic nitrogens is 2. The second-order valence-corrected chi connectivity index (χ2v) is 8.41.